The van der Waals surface area contributed by atoms with Gasteiger partial charge in [0.15, 0.2) is 0 Å². The maximum Gasteiger partial charge on any atom is 0.120 e. The first-order valence-electron chi connectivity index (χ1n) is 7.22. The third kappa shape index (κ3) is 3.71. The number of nitrogens with one attached hydrogen (secondary N) is 1. The zero-order valence-corrected chi connectivity index (χ0v) is 12.0. The molecule has 0 spiro atoms. The maximum atomic E-state index is 10.4. The van der Waals surface area contributed by atoms with Crippen molar-refractivity contribution in [1.82, 2.24) is 5.32 Å². The Kier molecular flexibility index (Phi) is 4.48. The van der Waals surface area contributed by atoms with Crippen LogP contribution < -0.4 is 5.32 Å². The van der Waals surface area contributed by atoms with Crippen LogP contribution in [0, 0.1) is 13.8 Å². The topological polar surface area (TPSA) is 52.5 Å². The van der Waals surface area contributed by atoms with Crippen molar-refractivity contribution in [2.75, 3.05) is 6.54 Å². The minimum atomic E-state index is -0.548. The molecule has 0 bridgehead atoms. The number of aromatic hydroxyl groups is 1. The van der Waals surface area contributed by atoms with Crippen LogP contribution in [0.5, 0.6) is 5.75 Å². The summed E-state index contributed by atoms with van der Waals surface area (Å²) in [6.45, 7) is 5.26. The first-order valence-corrected chi connectivity index (χ1v) is 7.22. The minimum Gasteiger partial charge on any atom is -0.508 e. The fourth-order valence-corrected chi connectivity index (χ4v) is 2.82. The molecule has 1 aliphatic rings. The van der Waals surface area contributed by atoms with Gasteiger partial charge in [0.1, 0.15) is 5.75 Å². The standard InChI is InChI=1S/C16H25NO2/c1-12-8-14(15(18)9-13(12)2)10-17-11-16(19)6-4-3-5-7-16/h8-9,17-19H,3-7,10-11H2,1-2H3. The van der Waals surface area contributed by atoms with Gasteiger partial charge in [0, 0.05) is 18.7 Å². The van der Waals surface area contributed by atoms with Crippen molar-refractivity contribution in [3.8, 4) is 5.75 Å². The largest absolute Gasteiger partial charge is 0.508 e. The summed E-state index contributed by atoms with van der Waals surface area (Å²) in [5, 5.41) is 23.6. The molecule has 0 aromatic heterocycles. The van der Waals surface area contributed by atoms with E-state index in [9.17, 15) is 10.2 Å². The van der Waals surface area contributed by atoms with E-state index in [0.717, 1.165) is 36.8 Å². The molecule has 3 nitrogen and oxygen atoms in total. The van der Waals surface area contributed by atoms with Gasteiger partial charge in [-0.3, -0.25) is 0 Å². The van der Waals surface area contributed by atoms with Crippen LogP contribution in [0.2, 0.25) is 0 Å². The normalized spacial score (nSPS) is 18.5. The highest BCUT2D eigenvalue weighted by molar-refractivity contribution is 5.40. The zero-order valence-electron chi connectivity index (χ0n) is 12.0. The molecule has 0 atom stereocenters. The average molecular weight is 263 g/mol. The molecule has 2 rings (SSSR count). The van der Waals surface area contributed by atoms with Crippen molar-refractivity contribution in [2.45, 2.75) is 58.1 Å². The maximum absolute atomic E-state index is 10.4. The Morgan fingerprint density at radius 3 is 2.42 bits per heavy atom. The van der Waals surface area contributed by atoms with Gasteiger partial charge < -0.3 is 15.5 Å². The van der Waals surface area contributed by atoms with E-state index in [1.807, 2.05) is 26.0 Å². The fourth-order valence-electron chi connectivity index (χ4n) is 2.82. The molecule has 3 N–H and O–H groups in total. The van der Waals surface area contributed by atoms with E-state index < -0.39 is 5.60 Å². The lowest BCUT2D eigenvalue weighted by Crippen LogP contribution is -2.41. The van der Waals surface area contributed by atoms with Gasteiger partial charge in [0.05, 0.1) is 5.60 Å². The Bertz CT molecular complexity index is 437. The van der Waals surface area contributed by atoms with Crippen molar-refractivity contribution in [3.63, 3.8) is 0 Å². The van der Waals surface area contributed by atoms with Crippen LogP contribution in [0.15, 0.2) is 12.1 Å². The number of phenols is 1. The van der Waals surface area contributed by atoms with Gasteiger partial charge in [-0.05, 0) is 43.9 Å². The summed E-state index contributed by atoms with van der Waals surface area (Å²) in [5.74, 6) is 0.339. The average Bonchev–Trinajstić information content (AvgIpc) is 2.36. The van der Waals surface area contributed by atoms with E-state index in [1.54, 1.807) is 0 Å². The molecule has 0 aliphatic heterocycles. The molecule has 1 aromatic carbocycles. The molecule has 19 heavy (non-hydrogen) atoms. The second kappa shape index (κ2) is 5.93. The Morgan fingerprint density at radius 2 is 1.74 bits per heavy atom. The van der Waals surface area contributed by atoms with Gasteiger partial charge in [-0.15, -0.1) is 0 Å². The zero-order chi connectivity index (χ0) is 13.9. The smallest absolute Gasteiger partial charge is 0.120 e. The lowest BCUT2D eigenvalue weighted by molar-refractivity contribution is 0.00463. The fraction of sp³-hybridized carbons (Fsp3) is 0.625. The van der Waals surface area contributed by atoms with E-state index in [2.05, 4.69) is 5.32 Å². The third-order valence-corrected chi connectivity index (χ3v) is 4.25. The van der Waals surface area contributed by atoms with E-state index in [-0.39, 0.29) is 0 Å². The number of rotatable bonds is 4. The summed E-state index contributed by atoms with van der Waals surface area (Å²) in [5.41, 5.74) is 2.65. The highest BCUT2D eigenvalue weighted by Gasteiger charge is 2.28. The van der Waals surface area contributed by atoms with Crippen LogP contribution in [0.4, 0.5) is 0 Å². The summed E-state index contributed by atoms with van der Waals surface area (Å²) in [7, 11) is 0. The van der Waals surface area contributed by atoms with Crippen LogP contribution in [0.25, 0.3) is 0 Å². The van der Waals surface area contributed by atoms with E-state index >= 15 is 0 Å². The van der Waals surface area contributed by atoms with Crippen molar-refractivity contribution in [1.29, 1.82) is 0 Å². The molecule has 0 radical (unpaired) electrons. The van der Waals surface area contributed by atoms with Gasteiger partial charge in [-0.2, -0.15) is 0 Å². The summed E-state index contributed by atoms with van der Waals surface area (Å²) in [4.78, 5) is 0. The molecule has 0 unspecified atom stereocenters. The summed E-state index contributed by atoms with van der Waals surface area (Å²) in [6, 6.07) is 3.82. The molecular weight excluding hydrogens is 238 g/mol. The molecule has 1 fully saturated rings. The molecule has 3 heteroatoms. The number of hydrogen-bond donors (Lipinski definition) is 3. The van der Waals surface area contributed by atoms with Crippen LogP contribution >= 0.6 is 0 Å². The summed E-state index contributed by atoms with van der Waals surface area (Å²) < 4.78 is 0. The lowest BCUT2D eigenvalue weighted by Gasteiger charge is -2.32. The van der Waals surface area contributed by atoms with Crippen molar-refractivity contribution in [3.05, 3.63) is 28.8 Å². The minimum absolute atomic E-state index is 0.339. The first kappa shape index (κ1) is 14.4. The van der Waals surface area contributed by atoms with Gasteiger partial charge in [0.2, 0.25) is 0 Å². The summed E-state index contributed by atoms with van der Waals surface area (Å²) >= 11 is 0. The number of phenolic OH excluding ortho intramolecular Hbond substituents is 1. The third-order valence-electron chi connectivity index (χ3n) is 4.25. The molecule has 0 amide bonds. The first-order chi connectivity index (χ1) is 9.00. The molecule has 1 aromatic rings. The predicted molar refractivity (Wildman–Crippen MR) is 77.3 cm³/mol. The number of aliphatic hydroxyl groups is 1. The van der Waals surface area contributed by atoms with Crippen molar-refractivity contribution in [2.24, 2.45) is 0 Å². The van der Waals surface area contributed by atoms with Crippen molar-refractivity contribution < 1.29 is 10.2 Å². The SMILES string of the molecule is Cc1cc(O)c(CNCC2(O)CCCCC2)cc1C. The Morgan fingerprint density at radius 1 is 1.11 bits per heavy atom. The number of aryl methyl sites for hydroxylation is 2. The predicted octanol–water partition coefficient (Wildman–Crippen LogP) is 2.79. The van der Waals surface area contributed by atoms with E-state index in [1.165, 1.54) is 12.0 Å². The van der Waals surface area contributed by atoms with Crippen LogP contribution in [-0.4, -0.2) is 22.4 Å². The number of benzene rings is 1. The molecule has 0 saturated heterocycles. The van der Waals surface area contributed by atoms with Crippen LogP contribution in [-0.2, 0) is 6.54 Å². The lowest BCUT2D eigenvalue weighted by atomic mass is 9.85. The Balaban J connectivity index is 1.90. The van der Waals surface area contributed by atoms with Gasteiger partial charge in [-0.25, -0.2) is 0 Å². The number of hydrogen-bond acceptors (Lipinski definition) is 3. The van der Waals surface area contributed by atoms with E-state index in [0.29, 0.717) is 18.8 Å². The quantitative estimate of drug-likeness (QED) is 0.783. The highest BCUT2D eigenvalue weighted by atomic mass is 16.3. The Labute approximate surface area is 115 Å². The summed E-state index contributed by atoms with van der Waals surface area (Å²) in [6.07, 6.45) is 5.25. The highest BCUT2D eigenvalue weighted by Crippen LogP contribution is 2.27. The molecule has 0 heterocycles. The molecule has 106 valence electrons. The molecular formula is C16H25NO2. The van der Waals surface area contributed by atoms with Crippen LogP contribution in [0.3, 0.4) is 0 Å². The van der Waals surface area contributed by atoms with Gasteiger partial charge in [-0.1, -0.05) is 25.3 Å². The van der Waals surface area contributed by atoms with Crippen molar-refractivity contribution >= 4 is 0 Å². The molecule has 1 aliphatic carbocycles. The molecule has 1 saturated carbocycles. The second-order valence-corrected chi connectivity index (χ2v) is 5.95. The second-order valence-electron chi connectivity index (χ2n) is 5.95. The Hall–Kier alpha value is -1.06. The van der Waals surface area contributed by atoms with E-state index in [4.69, 9.17) is 0 Å². The van der Waals surface area contributed by atoms with Gasteiger partial charge >= 0.3 is 0 Å². The van der Waals surface area contributed by atoms with Crippen LogP contribution in [0.1, 0.15) is 48.8 Å². The monoisotopic (exact) mass is 263 g/mol. The van der Waals surface area contributed by atoms with Gasteiger partial charge in [0.25, 0.3) is 0 Å².